The number of benzene rings is 1. The zero-order valence-corrected chi connectivity index (χ0v) is 17.0. The average Bonchev–Trinajstić information content (AvgIpc) is 3.15. The molecule has 30 heavy (non-hydrogen) atoms. The molecule has 1 aromatic carbocycles. The molecule has 1 heterocycles. The zero-order chi connectivity index (χ0) is 22.5. The van der Waals surface area contributed by atoms with E-state index in [2.05, 4.69) is 5.32 Å². The molecule has 0 radical (unpaired) electrons. The number of amides is 1. The summed E-state index contributed by atoms with van der Waals surface area (Å²) in [6, 6.07) is 8.73. The predicted molar refractivity (Wildman–Crippen MR) is 109 cm³/mol. The first kappa shape index (κ1) is 22.5. The number of nitro groups is 1. The summed E-state index contributed by atoms with van der Waals surface area (Å²) in [6.45, 7) is 6.80. The first-order chi connectivity index (χ1) is 14.0. The van der Waals surface area contributed by atoms with Gasteiger partial charge in [-0.3, -0.25) is 19.7 Å². The Bertz CT molecular complexity index is 982. The van der Waals surface area contributed by atoms with Crippen molar-refractivity contribution in [3.8, 4) is 0 Å². The number of carbonyl (C=O) groups is 3. The minimum Gasteiger partial charge on any atom is -0.451 e. The zero-order valence-electron chi connectivity index (χ0n) is 17.0. The van der Waals surface area contributed by atoms with Crippen molar-refractivity contribution in [2.45, 2.75) is 33.8 Å². The van der Waals surface area contributed by atoms with Gasteiger partial charge in [0.25, 0.3) is 0 Å². The van der Waals surface area contributed by atoms with Gasteiger partial charge in [0.2, 0.25) is 11.7 Å². The molecule has 0 aliphatic carbocycles. The molecule has 1 atom stereocenters. The number of rotatable bonds is 7. The van der Waals surface area contributed by atoms with Crippen molar-refractivity contribution in [1.29, 1.82) is 0 Å². The van der Waals surface area contributed by atoms with E-state index in [0.717, 1.165) is 12.1 Å². The normalized spacial score (nSPS) is 12.4. The lowest BCUT2D eigenvalue weighted by molar-refractivity contribution is -0.402. The number of Topliss-reactive ketones (excluding diaryl/α,β-unsaturated/α-hetero) is 1. The van der Waals surface area contributed by atoms with Crippen molar-refractivity contribution in [3.05, 3.63) is 63.9 Å². The van der Waals surface area contributed by atoms with E-state index in [1.807, 2.05) is 0 Å². The van der Waals surface area contributed by atoms with Crippen LogP contribution in [0.5, 0.6) is 0 Å². The van der Waals surface area contributed by atoms with E-state index in [1.54, 1.807) is 32.9 Å². The van der Waals surface area contributed by atoms with E-state index in [-0.39, 0.29) is 11.7 Å². The lowest BCUT2D eigenvalue weighted by atomic mass is 9.95. The number of furan rings is 1. The fourth-order valence-corrected chi connectivity index (χ4v) is 2.22. The molecular formula is C21H22N2O7. The van der Waals surface area contributed by atoms with Gasteiger partial charge in [-0.15, -0.1) is 0 Å². The molecule has 0 fully saturated rings. The highest BCUT2D eigenvalue weighted by Crippen LogP contribution is 2.19. The van der Waals surface area contributed by atoms with Gasteiger partial charge in [-0.25, -0.2) is 4.79 Å². The minimum absolute atomic E-state index is 0.102. The number of nitrogens with one attached hydrogen (secondary N) is 1. The number of ether oxygens (including phenoxy) is 1. The Hall–Kier alpha value is -3.75. The first-order valence-electron chi connectivity index (χ1n) is 9.06. The molecule has 9 nitrogen and oxygen atoms in total. The van der Waals surface area contributed by atoms with E-state index in [0.29, 0.717) is 11.3 Å². The summed E-state index contributed by atoms with van der Waals surface area (Å²) < 4.78 is 9.95. The van der Waals surface area contributed by atoms with Crippen LogP contribution in [0, 0.1) is 15.5 Å². The molecule has 0 aliphatic heterocycles. The number of carbonyl (C=O) groups excluding carboxylic acids is 3. The topological polar surface area (TPSA) is 129 Å². The van der Waals surface area contributed by atoms with Crippen LogP contribution in [-0.2, 0) is 14.3 Å². The van der Waals surface area contributed by atoms with E-state index in [4.69, 9.17) is 9.15 Å². The molecule has 2 aromatic rings. The predicted octanol–water partition coefficient (Wildman–Crippen LogP) is 4.00. The number of esters is 1. The highest BCUT2D eigenvalue weighted by Gasteiger charge is 2.22. The van der Waals surface area contributed by atoms with Gasteiger partial charge in [-0.05, 0) is 43.3 Å². The van der Waals surface area contributed by atoms with Gasteiger partial charge in [0, 0.05) is 22.7 Å². The van der Waals surface area contributed by atoms with Crippen LogP contribution < -0.4 is 5.32 Å². The molecule has 1 aromatic heterocycles. The van der Waals surface area contributed by atoms with Crippen LogP contribution in [-0.4, -0.2) is 28.7 Å². The monoisotopic (exact) mass is 414 g/mol. The van der Waals surface area contributed by atoms with Crippen molar-refractivity contribution < 1.29 is 28.5 Å². The van der Waals surface area contributed by atoms with Gasteiger partial charge in [0.05, 0.1) is 6.07 Å². The molecule has 1 N–H and O–H groups in total. The van der Waals surface area contributed by atoms with Gasteiger partial charge in [-0.1, -0.05) is 20.8 Å². The number of hydrogen-bond acceptors (Lipinski definition) is 7. The Morgan fingerprint density at radius 1 is 1.13 bits per heavy atom. The van der Waals surface area contributed by atoms with Crippen LogP contribution in [0.1, 0.15) is 43.8 Å². The summed E-state index contributed by atoms with van der Waals surface area (Å²) in [7, 11) is 0. The Labute approximate surface area is 172 Å². The van der Waals surface area contributed by atoms with Gasteiger partial charge < -0.3 is 14.5 Å². The van der Waals surface area contributed by atoms with Crippen molar-refractivity contribution in [1.82, 2.24) is 0 Å². The SMILES string of the molecule is C[C@H](OC(=O)/C=C/c1ccc([N+](=O)[O-])o1)C(=O)c1ccc(NC(=O)C(C)(C)C)cc1. The molecule has 9 heteroatoms. The molecule has 158 valence electrons. The summed E-state index contributed by atoms with van der Waals surface area (Å²) >= 11 is 0. The van der Waals surface area contributed by atoms with Crippen molar-refractivity contribution in [3.63, 3.8) is 0 Å². The van der Waals surface area contributed by atoms with Crippen LogP contribution in [0.15, 0.2) is 46.9 Å². The largest absolute Gasteiger partial charge is 0.451 e. The molecule has 0 spiro atoms. The van der Waals surface area contributed by atoms with Crippen molar-refractivity contribution >= 4 is 35.3 Å². The second-order valence-electron chi connectivity index (χ2n) is 7.49. The Kier molecular flexibility index (Phi) is 6.89. The lowest BCUT2D eigenvalue weighted by Gasteiger charge is -2.18. The average molecular weight is 414 g/mol. The van der Waals surface area contributed by atoms with Crippen LogP contribution >= 0.6 is 0 Å². The van der Waals surface area contributed by atoms with E-state index >= 15 is 0 Å². The van der Waals surface area contributed by atoms with Crippen molar-refractivity contribution in [2.24, 2.45) is 5.41 Å². The third-order valence-corrected chi connectivity index (χ3v) is 3.95. The maximum absolute atomic E-state index is 12.4. The molecule has 0 saturated carbocycles. The van der Waals surface area contributed by atoms with Gasteiger partial charge in [0.15, 0.2) is 6.10 Å². The van der Waals surface area contributed by atoms with Gasteiger partial charge in [0.1, 0.15) is 10.7 Å². The molecule has 2 rings (SSSR count). The lowest BCUT2D eigenvalue weighted by Crippen LogP contribution is -2.27. The standard InChI is InChI=1S/C21H22N2O7/c1-13(29-18(24)12-10-16-9-11-17(30-16)23(27)28)19(25)14-5-7-15(8-6-14)22-20(26)21(2,3)4/h5-13H,1-4H3,(H,22,26)/b12-10+/t13-/m0/s1. The Morgan fingerprint density at radius 3 is 2.30 bits per heavy atom. The van der Waals surface area contributed by atoms with Crippen LogP contribution in [0.3, 0.4) is 0 Å². The maximum Gasteiger partial charge on any atom is 0.433 e. The number of hydrogen-bond donors (Lipinski definition) is 1. The summed E-state index contributed by atoms with van der Waals surface area (Å²) in [5.41, 5.74) is 0.312. The number of anilines is 1. The second-order valence-corrected chi connectivity index (χ2v) is 7.49. The first-order valence-corrected chi connectivity index (χ1v) is 9.06. The highest BCUT2D eigenvalue weighted by atomic mass is 16.6. The number of ketones is 1. The molecule has 0 unspecified atom stereocenters. The molecule has 0 saturated heterocycles. The maximum atomic E-state index is 12.4. The third kappa shape index (κ3) is 6.13. The number of nitrogens with zero attached hydrogens (tertiary/aromatic N) is 1. The van der Waals surface area contributed by atoms with E-state index in [1.165, 1.54) is 31.2 Å². The van der Waals surface area contributed by atoms with Crippen LogP contribution in [0.4, 0.5) is 11.6 Å². The summed E-state index contributed by atoms with van der Waals surface area (Å²) in [4.78, 5) is 46.2. The quantitative estimate of drug-likeness (QED) is 0.238. The minimum atomic E-state index is -1.05. The van der Waals surface area contributed by atoms with Gasteiger partial charge in [-0.2, -0.15) is 0 Å². The molecule has 1 amide bonds. The Balaban J connectivity index is 1.94. The van der Waals surface area contributed by atoms with Crippen LogP contribution in [0.25, 0.3) is 6.08 Å². The highest BCUT2D eigenvalue weighted by molar-refractivity contribution is 6.01. The van der Waals surface area contributed by atoms with E-state index in [9.17, 15) is 24.5 Å². The Morgan fingerprint density at radius 2 is 1.77 bits per heavy atom. The van der Waals surface area contributed by atoms with Gasteiger partial charge >= 0.3 is 11.9 Å². The van der Waals surface area contributed by atoms with Crippen LogP contribution in [0.2, 0.25) is 0 Å². The fourth-order valence-electron chi connectivity index (χ4n) is 2.22. The second kappa shape index (κ2) is 9.17. The smallest absolute Gasteiger partial charge is 0.433 e. The fraction of sp³-hybridized carbons (Fsp3) is 0.286. The van der Waals surface area contributed by atoms with Crippen molar-refractivity contribution in [2.75, 3.05) is 5.32 Å². The molecule has 0 aliphatic rings. The summed E-state index contributed by atoms with van der Waals surface area (Å²) in [5.74, 6) is -1.72. The summed E-state index contributed by atoms with van der Waals surface area (Å²) in [6.07, 6.45) is 1.17. The third-order valence-electron chi connectivity index (χ3n) is 3.95. The summed E-state index contributed by atoms with van der Waals surface area (Å²) in [5, 5.41) is 13.3. The molecule has 0 bridgehead atoms. The molecular weight excluding hydrogens is 392 g/mol. The van der Waals surface area contributed by atoms with E-state index < -0.39 is 34.1 Å².